The molecule has 0 heteroatoms. The Bertz CT molecular complexity index is 783. The van der Waals surface area contributed by atoms with Gasteiger partial charge in [0.1, 0.15) is 0 Å². The molecule has 0 nitrogen and oxygen atoms in total. The summed E-state index contributed by atoms with van der Waals surface area (Å²) in [7, 11) is 0. The van der Waals surface area contributed by atoms with E-state index >= 15 is 0 Å². The van der Waals surface area contributed by atoms with Gasteiger partial charge in [-0.25, -0.2) is 0 Å². The molecule has 0 amide bonds. The first-order valence-corrected chi connectivity index (χ1v) is 8.76. The Morgan fingerprint density at radius 3 is 2.04 bits per heavy atom. The first-order chi connectivity index (χ1) is 11.2. The molecule has 0 heterocycles. The van der Waals surface area contributed by atoms with Crippen molar-refractivity contribution in [1.29, 1.82) is 0 Å². The molecule has 1 aliphatic carbocycles. The first kappa shape index (κ1) is 15.8. The number of fused-ring (bicyclic) bond motifs is 2. The van der Waals surface area contributed by atoms with Crippen LogP contribution >= 0.6 is 0 Å². The third kappa shape index (κ3) is 4.22. The zero-order valence-electron chi connectivity index (χ0n) is 14.3. The Balaban J connectivity index is 0.000000136. The van der Waals surface area contributed by atoms with Crippen molar-refractivity contribution in [2.75, 3.05) is 0 Å². The molecule has 0 N–H and O–H groups in total. The van der Waals surface area contributed by atoms with Crippen LogP contribution in [0.15, 0.2) is 60.7 Å². The van der Waals surface area contributed by atoms with Gasteiger partial charge in [-0.15, -0.1) is 0 Å². The van der Waals surface area contributed by atoms with Gasteiger partial charge in [0.05, 0.1) is 0 Å². The van der Waals surface area contributed by atoms with Crippen LogP contribution in [0.3, 0.4) is 0 Å². The van der Waals surface area contributed by atoms with E-state index in [4.69, 9.17) is 0 Å². The van der Waals surface area contributed by atoms with Crippen molar-refractivity contribution < 1.29 is 0 Å². The van der Waals surface area contributed by atoms with Gasteiger partial charge in [0.25, 0.3) is 0 Å². The van der Waals surface area contributed by atoms with Gasteiger partial charge in [0.15, 0.2) is 0 Å². The van der Waals surface area contributed by atoms with Crippen LogP contribution in [-0.4, -0.2) is 0 Å². The highest BCUT2D eigenvalue weighted by Crippen LogP contribution is 2.21. The van der Waals surface area contributed by atoms with Crippen molar-refractivity contribution in [3.63, 3.8) is 0 Å². The summed E-state index contributed by atoms with van der Waals surface area (Å²) in [5.74, 6) is 0. The lowest BCUT2D eigenvalue weighted by Gasteiger charge is -2.05. The Morgan fingerprint density at radius 1 is 0.565 bits per heavy atom. The summed E-state index contributed by atoms with van der Waals surface area (Å²) in [4.78, 5) is 0. The molecular weight excluding hydrogens is 276 g/mol. The minimum Gasteiger partial charge on any atom is -0.0616 e. The molecule has 23 heavy (non-hydrogen) atoms. The van der Waals surface area contributed by atoms with Crippen molar-refractivity contribution in [3.05, 3.63) is 82.9 Å². The van der Waals surface area contributed by atoms with Crippen molar-refractivity contribution in [2.24, 2.45) is 0 Å². The average molecular weight is 302 g/mol. The molecule has 0 atom stereocenters. The van der Waals surface area contributed by atoms with Crippen molar-refractivity contribution in [1.82, 2.24) is 0 Å². The molecule has 0 radical (unpaired) electrons. The van der Waals surface area contributed by atoms with Gasteiger partial charge in [-0.1, -0.05) is 78.2 Å². The lowest BCUT2D eigenvalue weighted by molar-refractivity contribution is 0.711. The van der Waals surface area contributed by atoms with Crippen LogP contribution < -0.4 is 0 Å². The number of hydrogen-bond donors (Lipinski definition) is 0. The highest BCUT2D eigenvalue weighted by atomic mass is 14.1. The van der Waals surface area contributed by atoms with E-state index in [0.29, 0.717) is 0 Å². The van der Waals surface area contributed by atoms with Gasteiger partial charge in [-0.05, 0) is 61.4 Å². The van der Waals surface area contributed by atoms with E-state index in [1.165, 1.54) is 54.0 Å². The second kappa shape index (κ2) is 7.46. The lowest BCUT2D eigenvalue weighted by Crippen LogP contribution is -1.90. The molecular formula is C23H26. The zero-order valence-corrected chi connectivity index (χ0v) is 14.3. The SMILES string of the molecule is Cc1ccc2c(c1)CCCCC2.Cc1ccc2ccccc2c1. The topological polar surface area (TPSA) is 0 Å². The minimum atomic E-state index is 1.30. The van der Waals surface area contributed by atoms with Gasteiger partial charge in [0.2, 0.25) is 0 Å². The molecule has 0 saturated heterocycles. The van der Waals surface area contributed by atoms with Crippen LogP contribution in [0.2, 0.25) is 0 Å². The molecule has 0 fully saturated rings. The molecule has 4 rings (SSSR count). The molecule has 3 aromatic rings. The monoisotopic (exact) mass is 302 g/mol. The molecule has 0 aliphatic heterocycles. The van der Waals surface area contributed by atoms with Crippen molar-refractivity contribution in [2.45, 2.75) is 46.0 Å². The van der Waals surface area contributed by atoms with Crippen LogP contribution in [0, 0.1) is 13.8 Å². The van der Waals surface area contributed by atoms with Gasteiger partial charge in [-0.2, -0.15) is 0 Å². The quantitative estimate of drug-likeness (QED) is 0.421. The van der Waals surface area contributed by atoms with Crippen LogP contribution in [0.1, 0.15) is 41.5 Å². The number of benzene rings is 3. The van der Waals surface area contributed by atoms with Crippen molar-refractivity contribution >= 4 is 10.8 Å². The van der Waals surface area contributed by atoms with E-state index in [0.717, 1.165) is 0 Å². The summed E-state index contributed by atoms with van der Waals surface area (Å²) in [5.41, 5.74) is 5.94. The van der Waals surface area contributed by atoms with Gasteiger partial charge < -0.3 is 0 Å². The van der Waals surface area contributed by atoms with Gasteiger partial charge in [0, 0.05) is 0 Å². The fraction of sp³-hybridized carbons (Fsp3) is 0.304. The summed E-state index contributed by atoms with van der Waals surface area (Å²) in [6.45, 7) is 4.30. The summed E-state index contributed by atoms with van der Waals surface area (Å²) in [6.07, 6.45) is 6.78. The standard InChI is InChI=1S/C12H16.C11H10/c1-10-7-8-11-5-3-2-4-6-12(11)9-10;1-9-6-7-10-4-2-3-5-11(10)8-9/h7-9H,2-6H2,1H3;2-8H,1H3. The average Bonchev–Trinajstić information content (AvgIpc) is 2.80. The largest absolute Gasteiger partial charge is 0.0616 e. The smallest absolute Gasteiger partial charge is 0.0181 e. The Morgan fingerprint density at radius 2 is 1.22 bits per heavy atom. The number of rotatable bonds is 0. The van der Waals surface area contributed by atoms with E-state index in [1.54, 1.807) is 11.1 Å². The maximum Gasteiger partial charge on any atom is -0.0181 e. The summed E-state index contributed by atoms with van der Waals surface area (Å²) >= 11 is 0. The minimum absolute atomic E-state index is 1.30. The Labute approximate surface area is 140 Å². The van der Waals surface area contributed by atoms with E-state index in [9.17, 15) is 0 Å². The van der Waals surface area contributed by atoms with Gasteiger partial charge >= 0.3 is 0 Å². The molecule has 0 spiro atoms. The summed E-state index contributed by atoms with van der Waals surface area (Å²) in [5, 5.41) is 2.64. The van der Waals surface area contributed by atoms with E-state index in [2.05, 4.69) is 74.5 Å². The van der Waals surface area contributed by atoms with Gasteiger partial charge in [-0.3, -0.25) is 0 Å². The maximum absolute atomic E-state index is 2.36. The molecule has 0 saturated carbocycles. The summed E-state index contributed by atoms with van der Waals surface area (Å²) in [6, 6.07) is 21.8. The normalized spacial score (nSPS) is 13.7. The second-order valence-corrected chi connectivity index (χ2v) is 6.68. The molecule has 0 unspecified atom stereocenters. The third-order valence-corrected chi connectivity index (χ3v) is 4.66. The first-order valence-electron chi connectivity index (χ1n) is 8.76. The molecule has 118 valence electrons. The maximum atomic E-state index is 2.36. The van der Waals surface area contributed by atoms with Crippen molar-refractivity contribution in [3.8, 4) is 0 Å². The predicted molar refractivity (Wildman–Crippen MR) is 101 cm³/mol. The van der Waals surface area contributed by atoms with Crippen LogP contribution in [0.4, 0.5) is 0 Å². The highest BCUT2D eigenvalue weighted by Gasteiger charge is 2.06. The fourth-order valence-corrected chi connectivity index (χ4v) is 3.35. The molecule has 1 aliphatic rings. The van der Waals surface area contributed by atoms with Crippen LogP contribution in [0.25, 0.3) is 10.8 Å². The Kier molecular flexibility index (Phi) is 5.12. The van der Waals surface area contributed by atoms with E-state index in [-0.39, 0.29) is 0 Å². The van der Waals surface area contributed by atoms with Crippen LogP contribution in [0.5, 0.6) is 0 Å². The van der Waals surface area contributed by atoms with Crippen LogP contribution in [-0.2, 0) is 12.8 Å². The zero-order chi connectivity index (χ0) is 16.1. The number of aryl methyl sites for hydroxylation is 4. The van der Waals surface area contributed by atoms with E-state index < -0.39 is 0 Å². The molecule has 0 bridgehead atoms. The number of hydrogen-bond acceptors (Lipinski definition) is 0. The lowest BCUT2D eigenvalue weighted by atomic mass is 10.0. The highest BCUT2D eigenvalue weighted by molar-refractivity contribution is 5.82. The fourth-order valence-electron chi connectivity index (χ4n) is 3.35. The predicted octanol–water partition coefficient (Wildman–Crippen LogP) is 6.41. The summed E-state index contributed by atoms with van der Waals surface area (Å²) < 4.78 is 0. The third-order valence-electron chi connectivity index (χ3n) is 4.66. The second-order valence-electron chi connectivity index (χ2n) is 6.68. The Hall–Kier alpha value is -2.08. The van der Waals surface area contributed by atoms with E-state index in [1.807, 2.05) is 0 Å². The molecule has 0 aromatic heterocycles. The molecule has 3 aromatic carbocycles.